The zero-order valence-corrected chi connectivity index (χ0v) is 10.2. The van der Waals surface area contributed by atoms with Crippen molar-refractivity contribution in [2.75, 3.05) is 6.61 Å². The van der Waals surface area contributed by atoms with Crippen molar-refractivity contribution in [3.05, 3.63) is 35.1 Å². The first-order valence-corrected chi connectivity index (χ1v) is 6.05. The zero-order chi connectivity index (χ0) is 12.4. The van der Waals surface area contributed by atoms with Crippen LogP contribution in [0, 0.1) is 18.7 Å². The van der Waals surface area contributed by atoms with Gasteiger partial charge in [-0.05, 0) is 56.4 Å². The van der Waals surface area contributed by atoms with Gasteiger partial charge in [0.1, 0.15) is 11.9 Å². The number of halogens is 1. The van der Waals surface area contributed by atoms with Crippen LogP contribution in [-0.4, -0.2) is 18.5 Å². The highest BCUT2D eigenvalue weighted by molar-refractivity contribution is 6.00. The fourth-order valence-electron chi connectivity index (χ4n) is 2.05. The van der Waals surface area contributed by atoms with Gasteiger partial charge >= 0.3 is 0 Å². The van der Waals surface area contributed by atoms with Crippen LogP contribution in [0.25, 0.3) is 0 Å². The fraction of sp³-hybridized carbons (Fsp3) is 0.500. The van der Waals surface area contributed by atoms with Crippen molar-refractivity contribution in [3.63, 3.8) is 0 Å². The number of carbonyl (C=O) groups is 1. The summed E-state index contributed by atoms with van der Waals surface area (Å²) in [6, 6.07) is 4.44. The number of ketones is 1. The average molecular weight is 236 g/mol. The molecule has 1 aliphatic rings. The molecule has 92 valence electrons. The summed E-state index contributed by atoms with van der Waals surface area (Å²) in [6.45, 7) is 4.17. The molecule has 0 spiro atoms. The Morgan fingerprint density at radius 2 is 2.18 bits per heavy atom. The van der Waals surface area contributed by atoms with Gasteiger partial charge in [-0.25, -0.2) is 4.39 Å². The van der Waals surface area contributed by atoms with Crippen molar-refractivity contribution in [2.24, 2.45) is 5.92 Å². The number of hydrogen-bond acceptors (Lipinski definition) is 2. The van der Waals surface area contributed by atoms with Crippen LogP contribution in [0.5, 0.6) is 0 Å². The third kappa shape index (κ3) is 2.91. The monoisotopic (exact) mass is 236 g/mol. The predicted molar refractivity (Wildman–Crippen MR) is 63.6 cm³/mol. The van der Waals surface area contributed by atoms with Crippen molar-refractivity contribution < 1.29 is 13.9 Å². The lowest BCUT2D eigenvalue weighted by Gasteiger charge is -2.15. The van der Waals surface area contributed by atoms with E-state index in [2.05, 4.69) is 0 Å². The average Bonchev–Trinajstić information content (AvgIpc) is 3.07. The molecule has 0 N–H and O–H groups in total. The Morgan fingerprint density at radius 1 is 1.47 bits per heavy atom. The molecule has 1 fully saturated rings. The van der Waals surface area contributed by atoms with Crippen molar-refractivity contribution in [1.82, 2.24) is 0 Å². The highest BCUT2D eigenvalue weighted by Gasteiger charge is 2.37. The van der Waals surface area contributed by atoms with Crippen molar-refractivity contribution in [1.29, 1.82) is 0 Å². The van der Waals surface area contributed by atoms with Crippen LogP contribution < -0.4 is 0 Å². The molecule has 2 rings (SSSR count). The SMILES string of the molecule is CCOC(C(=O)c1cc(C)cc(F)c1)C1CC1. The molecule has 3 heteroatoms. The summed E-state index contributed by atoms with van der Waals surface area (Å²) in [5, 5.41) is 0. The summed E-state index contributed by atoms with van der Waals surface area (Å²) in [7, 11) is 0. The molecular weight excluding hydrogens is 219 g/mol. The second kappa shape index (κ2) is 4.96. The number of rotatable bonds is 5. The van der Waals surface area contributed by atoms with Gasteiger partial charge in [0.05, 0.1) is 0 Å². The molecule has 0 saturated heterocycles. The van der Waals surface area contributed by atoms with Crippen LogP contribution in [0.4, 0.5) is 4.39 Å². The van der Waals surface area contributed by atoms with Gasteiger partial charge in [0, 0.05) is 12.2 Å². The van der Waals surface area contributed by atoms with Gasteiger partial charge in [-0.3, -0.25) is 4.79 Å². The molecule has 1 aliphatic carbocycles. The van der Waals surface area contributed by atoms with Crippen LogP contribution in [0.15, 0.2) is 18.2 Å². The Bertz CT molecular complexity index is 404. The minimum absolute atomic E-state index is 0.0862. The number of hydrogen-bond donors (Lipinski definition) is 0. The van der Waals surface area contributed by atoms with E-state index in [1.54, 1.807) is 13.0 Å². The molecule has 1 aromatic carbocycles. The van der Waals surface area contributed by atoms with Crippen LogP contribution in [0.3, 0.4) is 0 Å². The van der Waals surface area contributed by atoms with E-state index in [-0.39, 0.29) is 17.7 Å². The van der Waals surface area contributed by atoms with Crippen LogP contribution >= 0.6 is 0 Å². The van der Waals surface area contributed by atoms with Crippen LogP contribution in [-0.2, 0) is 4.74 Å². The normalized spacial score (nSPS) is 16.9. The first kappa shape index (κ1) is 12.2. The number of Topliss-reactive ketones (excluding diaryl/α,β-unsaturated/α-hetero) is 1. The van der Waals surface area contributed by atoms with E-state index in [1.807, 2.05) is 6.92 Å². The predicted octanol–water partition coefficient (Wildman–Crippen LogP) is 3.13. The maximum atomic E-state index is 13.3. The summed E-state index contributed by atoms with van der Waals surface area (Å²) in [6.07, 6.45) is 1.68. The molecule has 0 radical (unpaired) electrons. The Morgan fingerprint density at radius 3 is 2.71 bits per heavy atom. The third-order valence-corrected chi connectivity index (χ3v) is 2.98. The third-order valence-electron chi connectivity index (χ3n) is 2.98. The van der Waals surface area contributed by atoms with Gasteiger partial charge in [-0.15, -0.1) is 0 Å². The minimum atomic E-state index is -0.388. The largest absolute Gasteiger partial charge is 0.370 e. The van der Waals surface area contributed by atoms with Gasteiger partial charge < -0.3 is 4.74 Å². The molecule has 0 aliphatic heterocycles. The molecule has 2 nitrogen and oxygen atoms in total. The topological polar surface area (TPSA) is 26.3 Å². The number of aryl methyl sites for hydroxylation is 1. The first-order valence-electron chi connectivity index (χ1n) is 6.05. The van der Waals surface area contributed by atoms with E-state index in [0.717, 1.165) is 18.4 Å². The number of ether oxygens (including phenoxy) is 1. The van der Waals surface area contributed by atoms with E-state index in [1.165, 1.54) is 12.1 Å². The molecule has 1 aromatic rings. The summed E-state index contributed by atoms with van der Waals surface area (Å²) >= 11 is 0. The Hall–Kier alpha value is -1.22. The van der Waals surface area contributed by atoms with Gasteiger partial charge in [-0.2, -0.15) is 0 Å². The summed E-state index contributed by atoms with van der Waals surface area (Å²) < 4.78 is 18.8. The summed E-state index contributed by atoms with van der Waals surface area (Å²) in [4.78, 5) is 12.2. The Balaban J connectivity index is 2.21. The van der Waals surface area contributed by atoms with Crippen molar-refractivity contribution in [3.8, 4) is 0 Å². The van der Waals surface area contributed by atoms with Gasteiger partial charge in [-0.1, -0.05) is 0 Å². The molecular formula is C14H17FO2. The van der Waals surface area contributed by atoms with E-state index in [0.29, 0.717) is 18.1 Å². The standard InChI is InChI=1S/C14H17FO2/c1-3-17-14(10-4-5-10)13(16)11-6-9(2)7-12(15)8-11/h6-8,10,14H,3-5H2,1-2H3. The Labute approximate surface area is 101 Å². The molecule has 0 aromatic heterocycles. The quantitative estimate of drug-likeness (QED) is 0.734. The maximum absolute atomic E-state index is 13.3. The highest BCUT2D eigenvalue weighted by Crippen LogP contribution is 2.36. The Kier molecular flexibility index (Phi) is 3.57. The lowest BCUT2D eigenvalue weighted by molar-refractivity contribution is 0.0374. The molecule has 1 saturated carbocycles. The van der Waals surface area contributed by atoms with E-state index >= 15 is 0 Å². The lowest BCUT2D eigenvalue weighted by Crippen LogP contribution is -2.26. The lowest BCUT2D eigenvalue weighted by atomic mass is 10.0. The second-order valence-corrected chi connectivity index (χ2v) is 4.59. The second-order valence-electron chi connectivity index (χ2n) is 4.59. The van der Waals surface area contributed by atoms with Gasteiger partial charge in [0.15, 0.2) is 5.78 Å². The molecule has 0 bridgehead atoms. The van der Waals surface area contributed by atoms with E-state index in [9.17, 15) is 9.18 Å². The van der Waals surface area contributed by atoms with Gasteiger partial charge in [0.2, 0.25) is 0 Å². The first-order chi connectivity index (χ1) is 8.11. The fourth-order valence-corrected chi connectivity index (χ4v) is 2.05. The maximum Gasteiger partial charge on any atom is 0.191 e. The molecule has 0 heterocycles. The minimum Gasteiger partial charge on any atom is -0.370 e. The summed E-state index contributed by atoms with van der Waals surface area (Å²) in [5.74, 6) is -0.123. The van der Waals surface area contributed by atoms with E-state index in [4.69, 9.17) is 4.74 Å². The van der Waals surface area contributed by atoms with Crippen LogP contribution in [0.1, 0.15) is 35.7 Å². The highest BCUT2D eigenvalue weighted by atomic mass is 19.1. The number of carbonyl (C=O) groups excluding carboxylic acids is 1. The van der Waals surface area contributed by atoms with Crippen LogP contribution in [0.2, 0.25) is 0 Å². The molecule has 1 unspecified atom stereocenters. The zero-order valence-electron chi connectivity index (χ0n) is 10.2. The molecule has 1 atom stereocenters. The van der Waals surface area contributed by atoms with Crippen molar-refractivity contribution in [2.45, 2.75) is 32.8 Å². The smallest absolute Gasteiger partial charge is 0.191 e. The molecule has 17 heavy (non-hydrogen) atoms. The van der Waals surface area contributed by atoms with Crippen molar-refractivity contribution >= 4 is 5.78 Å². The number of benzene rings is 1. The summed E-state index contributed by atoms with van der Waals surface area (Å²) in [5.41, 5.74) is 1.19. The van der Waals surface area contributed by atoms with Gasteiger partial charge in [0.25, 0.3) is 0 Å². The molecule has 0 amide bonds. The van der Waals surface area contributed by atoms with E-state index < -0.39 is 0 Å².